The number of amides is 1. The second-order valence-electron chi connectivity index (χ2n) is 10.5. The lowest BCUT2D eigenvalue weighted by atomic mass is 9.83. The maximum absolute atomic E-state index is 15.4. The van der Waals surface area contributed by atoms with E-state index in [0.29, 0.717) is 28.7 Å². The Morgan fingerprint density at radius 3 is 2.83 bits per heavy atom. The van der Waals surface area contributed by atoms with Crippen LogP contribution in [0.1, 0.15) is 23.2 Å². The lowest BCUT2D eigenvalue weighted by Gasteiger charge is -2.38. The number of terminal acetylenes is 1. The number of likely N-dealkylation sites (tertiary alicyclic amines) is 1. The van der Waals surface area contributed by atoms with Gasteiger partial charge in [-0.25, -0.2) is 32.5 Å². The highest BCUT2D eigenvalue weighted by atomic mass is 32.2. The molecule has 3 aromatic rings. The molecule has 2 aromatic heterocycles. The van der Waals surface area contributed by atoms with Crippen LogP contribution in [0, 0.1) is 24.1 Å². The predicted molar refractivity (Wildman–Crippen MR) is 149 cm³/mol. The van der Waals surface area contributed by atoms with E-state index in [1.165, 1.54) is 18.3 Å². The van der Waals surface area contributed by atoms with Gasteiger partial charge in [-0.15, -0.1) is 6.42 Å². The van der Waals surface area contributed by atoms with Crippen molar-refractivity contribution < 1.29 is 27.1 Å². The summed E-state index contributed by atoms with van der Waals surface area (Å²) in [6.07, 6.45) is 11.6. The zero-order valence-electron chi connectivity index (χ0n) is 22.1. The average Bonchev–Trinajstić information content (AvgIpc) is 3.69. The number of halogens is 4. The van der Waals surface area contributed by atoms with Gasteiger partial charge in [0.15, 0.2) is 11.8 Å². The number of aromatic nitrogens is 3. The number of thioether (sulfide) groups is 1. The summed E-state index contributed by atoms with van der Waals surface area (Å²) in [5, 5.41) is 0.0487. The van der Waals surface area contributed by atoms with Crippen molar-refractivity contribution in [2.75, 3.05) is 26.4 Å². The largest absolute Gasteiger partial charge is 0.463 e. The molecule has 2 fully saturated rings. The number of amidine groups is 1. The Morgan fingerprint density at radius 2 is 2.10 bits per heavy atom. The topological polar surface area (TPSA) is 107 Å². The van der Waals surface area contributed by atoms with Gasteiger partial charge in [-0.1, -0.05) is 29.8 Å². The van der Waals surface area contributed by atoms with Crippen molar-refractivity contribution >= 4 is 33.9 Å². The van der Waals surface area contributed by atoms with Crippen molar-refractivity contribution in [2.24, 2.45) is 16.6 Å². The molecule has 3 aliphatic rings. The Morgan fingerprint density at radius 1 is 1.29 bits per heavy atom. The molecule has 2 N–H and O–H groups in total. The summed E-state index contributed by atoms with van der Waals surface area (Å²) < 4.78 is 61.4. The molecule has 1 saturated heterocycles. The van der Waals surface area contributed by atoms with Crippen molar-refractivity contribution in [1.82, 2.24) is 19.9 Å². The molecule has 216 valence electrons. The summed E-state index contributed by atoms with van der Waals surface area (Å²) in [6, 6.07) is 6.07. The summed E-state index contributed by atoms with van der Waals surface area (Å²) >= 11 is 1.16. The van der Waals surface area contributed by atoms with Gasteiger partial charge in [0, 0.05) is 34.9 Å². The lowest BCUT2D eigenvalue weighted by molar-refractivity contribution is -0.160. The van der Waals surface area contributed by atoms with Crippen molar-refractivity contribution in [3.05, 3.63) is 71.4 Å². The number of hydrogen-bond donors (Lipinski definition) is 1. The predicted octanol–water partition coefficient (Wildman–Crippen LogP) is 3.79. The van der Waals surface area contributed by atoms with Crippen LogP contribution in [0.2, 0.25) is 0 Å². The molecule has 1 amide bonds. The first-order chi connectivity index (χ1) is 20.1. The fourth-order valence-electron chi connectivity index (χ4n) is 5.59. The molecule has 1 aromatic carbocycles. The maximum atomic E-state index is 15.4. The number of nitrogens with zero attached hydrogens (tertiary/aromatic N) is 5. The van der Waals surface area contributed by atoms with Crippen LogP contribution >= 0.6 is 11.8 Å². The van der Waals surface area contributed by atoms with Crippen LogP contribution in [-0.2, 0) is 16.8 Å². The molecular formula is C29H24F4N6O2S. The number of hydrogen-bond acceptors (Lipinski definition) is 8. The maximum Gasteiger partial charge on any atom is 0.282 e. The molecule has 2 aliphatic heterocycles. The first-order valence-electron chi connectivity index (χ1n) is 13.0. The smallest absolute Gasteiger partial charge is 0.282 e. The molecule has 3 atom stereocenters. The Balaban J connectivity index is 1.28. The van der Waals surface area contributed by atoms with Crippen molar-refractivity contribution in [3.8, 4) is 18.2 Å². The van der Waals surface area contributed by atoms with Gasteiger partial charge in [-0.3, -0.25) is 9.78 Å². The SMILES string of the molecule is C#CCOc1cnc2c(Cc3ccc(F)c([C@@]4(CF)N=C(N)S[C@@]5(/C=C/C(=O)N6CC(F)(F)C6)C[C@H]54)c3)nccc2n1. The third kappa shape index (κ3) is 4.93. The summed E-state index contributed by atoms with van der Waals surface area (Å²) in [5.41, 5.74) is 6.80. The van der Waals surface area contributed by atoms with Crippen LogP contribution in [-0.4, -0.2) is 68.0 Å². The molecule has 4 heterocycles. The summed E-state index contributed by atoms with van der Waals surface area (Å²) in [7, 11) is 0. The van der Waals surface area contributed by atoms with Gasteiger partial charge in [0.2, 0.25) is 11.8 Å². The summed E-state index contributed by atoms with van der Waals surface area (Å²) in [5.74, 6) is -1.99. The average molecular weight is 597 g/mol. The minimum atomic E-state index is -2.89. The zero-order valence-corrected chi connectivity index (χ0v) is 22.9. The van der Waals surface area contributed by atoms with Crippen LogP contribution < -0.4 is 10.5 Å². The van der Waals surface area contributed by atoms with Gasteiger partial charge in [0.25, 0.3) is 5.92 Å². The van der Waals surface area contributed by atoms with Gasteiger partial charge < -0.3 is 15.4 Å². The number of pyridine rings is 1. The molecule has 6 rings (SSSR count). The molecule has 42 heavy (non-hydrogen) atoms. The number of carbonyl (C=O) groups excluding carboxylic acids is 1. The molecular weight excluding hydrogens is 572 g/mol. The van der Waals surface area contributed by atoms with E-state index in [4.69, 9.17) is 16.9 Å². The van der Waals surface area contributed by atoms with Gasteiger partial charge in [0.1, 0.15) is 23.5 Å². The zero-order chi connectivity index (χ0) is 29.7. The molecule has 0 unspecified atom stereocenters. The molecule has 13 heteroatoms. The highest BCUT2D eigenvalue weighted by Gasteiger charge is 2.67. The van der Waals surface area contributed by atoms with Gasteiger partial charge >= 0.3 is 0 Å². The molecule has 0 radical (unpaired) electrons. The molecule has 0 bridgehead atoms. The molecule has 0 spiro atoms. The highest BCUT2D eigenvalue weighted by Crippen LogP contribution is 2.67. The quantitative estimate of drug-likeness (QED) is 0.240. The number of alkyl halides is 3. The number of ether oxygens (including phenoxy) is 1. The van der Waals surface area contributed by atoms with Gasteiger partial charge in [-0.05, 0) is 30.2 Å². The third-order valence-electron chi connectivity index (χ3n) is 7.69. The standard InChI is InChI=1S/C29H24F4N6O2S/c1-2-9-41-23-13-36-25-20(37-23)6-8-35-21(25)11-17-3-4-19(31)18(10-17)29(14-30)22-12-27(22,42-26(34)38-29)7-5-24(40)39-15-28(32,33)16-39/h1,3-8,10,13,22H,9,11-12,14-16H2,(H2,34,38)/b7-5+/t22-,27+,29-/m1/s1. The van der Waals surface area contributed by atoms with Crippen LogP contribution in [0.4, 0.5) is 17.6 Å². The van der Waals surface area contributed by atoms with Crippen molar-refractivity contribution in [3.63, 3.8) is 0 Å². The van der Waals surface area contributed by atoms with Crippen LogP contribution in [0.5, 0.6) is 5.88 Å². The Hall–Kier alpha value is -4.18. The van der Waals surface area contributed by atoms with E-state index in [1.54, 1.807) is 30.5 Å². The van der Waals surface area contributed by atoms with E-state index >= 15 is 8.78 Å². The molecule has 8 nitrogen and oxygen atoms in total. The van der Waals surface area contributed by atoms with E-state index in [9.17, 15) is 13.6 Å². The number of nitrogens with two attached hydrogens (primary N) is 1. The minimum Gasteiger partial charge on any atom is -0.463 e. The van der Waals surface area contributed by atoms with E-state index in [2.05, 4.69) is 25.9 Å². The normalized spacial score (nSPS) is 25.8. The Bertz CT molecular complexity index is 1690. The number of rotatable bonds is 8. The van der Waals surface area contributed by atoms with Crippen LogP contribution in [0.25, 0.3) is 11.0 Å². The second kappa shape index (κ2) is 10.3. The fraction of sp³-hybridized carbons (Fsp3) is 0.345. The summed E-state index contributed by atoms with van der Waals surface area (Å²) in [4.78, 5) is 31.1. The molecule has 1 aliphatic carbocycles. The van der Waals surface area contributed by atoms with Crippen molar-refractivity contribution in [2.45, 2.75) is 29.1 Å². The minimum absolute atomic E-state index is 0.0380. The lowest BCUT2D eigenvalue weighted by Crippen LogP contribution is -2.58. The first-order valence-corrected chi connectivity index (χ1v) is 13.8. The van der Waals surface area contributed by atoms with Gasteiger partial charge in [-0.2, -0.15) is 0 Å². The van der Waals surface area contributed by atoms with E-state index < -0.39 is 53.6 Å². The Labute approximate surface area is 242 Å². The van der Waals surface area contributed by atoms with Crippen LogP contribution in [0.3, 0.4) is 0 Å². The summed E-state index contributed by atoms with van der Waals surface area (Å²) in [6.45, 7) is -2.27. The monoisotopic (exact) mass is 596 g/mol. The number of benzene rings is 1. The second-order valence-corrected chi connectivity index (χ2v) is 11.9. The van der Waals surface area contributed by atoms with Gasteiger partial charge in [0.05, 0.1) is 30.5 Å². The fourth-order valence-corrected chi connectivity index (χ4v) is 6.91. The number of aliphatic imine (C=N–C) groups is 1. The van der Waals surface area contributed by atoms with E-state index in [-0.39, 0.29) is 29.6 Å². The van der Waals surface area contributed by atoms with E-state index in [0.717, 1.165) is 16.7 Å². The van der Waals surface area contributed by atoms with E-state index in [1.807, 2.05) is 0 Å². The third-order valence-corrected chi connectivity index (χ3v) is 8.95. The number of carbonyl (C=O) groups is 1. The highest BCUT2D eigenvalue weighted by molar-refractivity contribution is 8.15. The molecule has 1 saturated carbocycles. The number of fused-ring (bicyclic) bond motifs is 2. The first kappa shape index (κ1) is 28.0. The van der Waals surface area contributed by atoms with Crippen molar-refractivity contribution in [1.29, 1.82) is 0 Å². The Kier molecular flexibility index (Phi) is 6.84. The van der Waals surface area contributed by atoms with Crippen LogP contribution in [0.15, 0.2) is 53.8 Å².